The highest BCUT2D eigenvalue weighted by Gasteiger charge is 2.24. The van der Waals surface area contributed by atoms with Crippen molar-refractivity contribution < 1.29 is 19.8 Å². The Labute approximate surface area is 123 Å². The Morgan fingerprint density at radius 3 is 2.52 bits per heavy atom. The van der Waals surface area contributed by atoms with E-state index < -0.39 is 23.5 Å². The monoisotopic (exact) mass is 290 g/mol. The summed E-state index contributed by atoms with van der Waals surface area (Å²) < 4.78 is 0. The zero-order valence-electron chi connectivity index (χ0n) is 11.7. The number of carboxylic acid groups (broad SMARTS) is 1. The molecule has 0 aliphatic rings. The summed E-state index contributed by atoms with van der Waals surface area (Å²) in [6.07, 6.45) is -0.350. The minimum absolute atomic E-state index is 0.100. The first kappa shape index (κ1) is 16.7. The Balaban J connectivity index is 2.65. The smallest absolute Gasteiger partial charge is 0.321 e. The number of aliphatic carboxylic acids is 1. The van der Waals surface area contributed by atoms with Gasteiger partial charge in [0, 0.05) is 12.1 Å². The summed E-state index contributed by atoms with van der Waals surface area (Å²) in [6, 6.07) is 7.95. The van der Waals surface area contributed by atoms with Crippen molar-refractivity contribution >= 4 is 11.9 Å². The molecule has 0 unspecified atom stereocenters. The van der Waals surface area contributed by atoms with E-state index in [0.29, 0.717) is 0 Å². The molecular weight excluding hydrogens is 272 g/mol. The van der Waals surface area contributed by atoms with Gasteiger partial charge in [0.2, 0.25) is 5.91 Å². The molecule has 112 valence electrons. The van der Waals surface area contributed by atoms with Crippen LogP contribution in [0.1, 0.15) is 18.9 Å². The molecule has 0 saturated heterocycles. The number of hydrogen-bond donors (Lipinski definition) is 4. The number of rotatable bonds is 6. The molecule has 0 spiro atoms. The predicted molar refractivity (Wildman–Crippen MR) is 77.2 cm³/mol. The third-order valence-corrected chi connectivity index (χ3v) is 2.65. The highest BCUT2D eigenvalue weighted by molar-refractivity contribution is 5.83. The molecule has 2 atom stereocenters. The molecule has 5 N–H and O–H groups in total. The molecule has 0 aromatic heterocycles. The lowest BCUT2D eigenvalue weighted by molar-refractivity contribution is -0.141. The number of amides is 1. The highest BCUT2D eigenvalue weighted by Crippen LogP contribution is 2.03. The van der Waals surface area contributed by atoms with E-state index in [1.165, 1.54) is 6.92 Å². The Morgan fingerprint density at radius 2 is 2.00 bits per heavy atom. The van der Waals surface area contributed by atoms with Crippen molar-refractivity contribution in [3.63, 3.8) is 0 Å². The second-order valence-corrected chi connectivity index (χ2v) is 4.83. The van der Waals surface area contributed by atoms with E-state index in [9.17, 15) is 14.7 Å². The lowest BCUT2D eigenvalue weighted by Crippen LogP contribution is -2.46. The van der Waals surface area contributed by atoms with Crippen LogP contribution in [0.3, 0.4) is 0 Å². The van der Waals surface area contributed by atoms with Gasteiger partial charge in [0.15, 0.2) is 0 Å². The number of carbonyl (C=O) groups excluding carboxylic acids is 1. The van der Waals surface area contributed by atoms with Crippen molar-refractivity contribution in [2.45, 2.75) is 25.0 Å². The normalized spacial score (nSPS) is 14.4. The molecule has 0 bridgehead atoms. The fraction of sp³-hybridized carbons (Fsp3) is 0.333. The van der Waals surface area contributed by atoms with Gasteiger partial charge in [-0.2, -0.15) is 0 Å². The summed E-state index contributed by atoms with van der Waals surface area (Å²) in [5, 5.41) is 21.6. The average molecular weight is 290 g/mol. The van der Waals surface area contributed by atoms with Crippen LogP contribution >= 0.6 is 0 Å². The van der Waals surface area contributed by atoms with E-state index in [1.54, 1.807) is 12.1 Å². The SMILES string of the molecule is C[C@](O)(C#Cc1ccccc1)CN[C@H](CC(N)=O)C(=O)O. The molecular formula is C15H18N2O4. The van der Waals surface area contributed by atoms with Crippen LogP contribution in [0, 0.1) is 11.8 Å². The topological polar surface area (TPSA) is 113 Å². The van der Waals surface area contributed by atoms with Gasteiger partial charge in [0.25, 0.3) is 0 Å². The van der Waals surface area contributed by atoms with Gasteiger partial charge in [0.05, 0.1) is 6.42 Å². The third kappa shape index (κ3) is 6.56. The predicted octanol–water partition coefficient (Wildman–Crippen LogP) is -0.293. The molecule has 0 aliphatic heterocycles. The number of primary amides is 1. The highest BCUT2D eigenvalue weighted by atomic mass is 16.4. The van der Waals surface area contributed by atoms with E-state index in [2.05, 4.69) is 17.2 Å². The molecule has 0 saturated carbocycles. The molecule has 6 nitrogen and oxygen atoms in total. The summed E-state index contributed by atoms with van der Waals surface area (Å²) in [6.45, 7) is 1.36. The summed E-state index contributed by atoms with van der Waals surface area (Å²) >= 11 is 0. The first-order chi connectivity index (χ1) is 9.80. The van der Waals surface area contributed by atoms with Crippen LogP contribution in [0.2, 0.25) is 0 Å². The number of carbonyl (C=O) groups is 2. The molecule has 1 amide bonds. The second-order valence-electron chi connectivity index (χ2n) is 4.83. The zero-order valence-corrected chi connectivity index (χ0v) is 11.7. The largest absolute Gasteiger partial charge is 0.480 e. The summed E-state index contributed by atoms with van der Waals surface area (Å²) in [5.74, 6) is 3.52. The number of hydrogen-bond acceptors (Lipinski definition) is 4. The lowest BCUT2D eigenvalue weighted by Gasteiger charge is -2.20. The van der Waals surface area contributed by atoms with E-state index >= 15 is 0 Å². The fourth-order valence-corrected chi connectivity index (χ4v) is 1.54. The van der Waals surface area contributed by atoms with Gasteiger partial charge in [-0.1, -0.05) is 30.0 Å². The molecule has 0 heterocycles. The second kappa shape index (κ2) is 7.43. The van der Waals surface area contributed by atoms with Crippen LogP contribution in [0.4, 0.5) is 0 Å². The van der Waals surface area contributed by atoms with Crippen LogP contribution < -0.4 is 11.1 Å². The maximum Gasteiger partial charge on any atom is 0.321 e. The molecule has 1 aromatic rings. The van der Waals surface area contributed by atoms with Crippen LogP contribution in [-0.4, -0.2) is 40.3 Å². The van der Waals surface area contributed by atoms with Gasteiger partial charge in [-0.25, -0.2) is 0 Å². The third-order valence-electron chi connectivity index (χ3n) is 2.65. The van der Waals surface area contributed by atoms with Crippen LogP contribution in [0.5, 0.6) is 0 Å². The fourth-order valence-electron chi connectivity index (χ4n) is 1.54. The molecule has 1 rings (SSSR count). The van der Waals surface area contributed by atoms with E-state index in [1.807, 2.05) is 18.2 Å². The van der Waals surface area contributed by atoms with Crippen molar-refractivity contribution in [2.24, 2.45) is 5.73 Å². The van der Waals surface area contributed by atoms with Crippen molar-refractivity contribution in [3.8, 4) is 11.8 Å². The Bertz CT molecular complexity index is 558. The summed E-state index contributed by atoms with van der Waals surface area (Å²) in [7, 11) is 0. The number of aliphatic hydroxyl groups is 1. The minimum Gasteiger partial charge on any atom is -0.480 e. The maximum absolute atomic E-state index is 10.9. The first-order valence-corrected chi connectivity index (χ1v) is 6.35. The maximum atomic E-state index is 10.9. The van der Waals surface area contributed by atoms with Gasteiger partial charge in [-0.15, -0.1) is 0 Å². The van der Waals surface area contributed by atoms with Crippen LogP contribution in [0.25, 0.3) is 0 Å². The summed E-state index contributed by atoms with van der Waals surface area (Å²) in [4.78, 5) is 21.7. The minimum atomic E-state index is -1.43. The van der Waals surface area contributed by atoms with E-state index in [4.69, 9.17) is 10.8 Å². The number of nitrogens with two attached hydrogens (primary N) is 1. The van der Waals surface area contributed by atoms with Crippen molar-refractivity contribution in [2.75, 3.05) is 6.54 Å². The van der Waals surface area contributed by atoms with Gasteiger partial charge >= 0.3 is 5.97 Å². The zero-order chi connectivity index (χ0) is 15.9. The van der Waals surface area contributed by atoms with Crippen molar-refractivity contribution in [3.05, 3.63) is 35.9 Å². The number of nitrogens with one attached hydrogen (secondary N) is 1. The number of carboxylic acids is 1. The lowest BCUT2D eigenvalue weighted by atomic mass is 10.1. The van der Waals surface area contributed by atoms with Crippen LogP contribution in [-0.2, 0) is 9.59 Å². The van der Waals surface area contributed by atoms with E-state index in [0.717, 1.165) is 5.56 Å². The first-order valence-electron chi connectivity index (χ1n) is 6.35. The van der Waals surface area contributed by atoms with Crippen LogP contribution in [0.15, 0.2) is 30.3 Å². The standard InChI is InChI=1S/C15H18N2O4/c1-15(21,8-7-11-5-3-2-4-6-11)10-17-12(14(19)20)9-13(16)18/h2-6,12,17,21H,9-10H2,1H3,(H2,16,18)(H,19,20)/t12-,15+/m1/s1. The van der Waals surface area contributed by atoms with Gasteiger partial charge in [-0.3, -0.25) is 9.59 Å². The Hall–Kier alpha value is -2.36. The van der Waals surface area contributed by atoms with Crippen molar-refractivity contribution in [1.82, 2.24) is 5.32 Å². The average Bonchev–Trinajstić information content (AvgIpc) is 2.42. The van der Waals surface area contributed by atoms with Crippen molar-refractivity contribution in [1.29, 1.82) is 0 Å². The number of benzene rings is 1. The summed E-state index contributed by atoms with van der Waals surface area (Å²) in [5.41, 5.74) is 4.28. The molecule has 0 radical (unpaired) electrons. The molecule has 1 aromatic carbocycles. The molecule has 21 heavy (non-hydrogen) atoms. The van der Waals surface area contributed by atoms with E-state index in [-0.39, 0.29) is 13.0 Å². The van der Waals surface area contributed by atoms with Gasteiger partial charge < -0.3 is 21.3 Å². The molecule has 0 fully saturated rings. The molecule has 6 heteroatoms. The quantitative estimate of drug-likeness (QED) is 0.538. The molecule has 0 aliphatic carbocycles. The Kier molecular flexibility index (Phi) is 5.91. The van der Waals surface area contributed by atoms with Gasteiger partial charge in [0.1, 0.15) is 11.6 Å². The van der Waals surface area contributed by atoms with Gasteiger partial charge in [-0.05, 0) is 19.1 Å². The Morgan fingerprint density at radius 1 is 1.38 bits per heavy atom.